The molecule has 8 heteroatoms. The van der Waals surface area contributed by atoms with E-state index >= 15 is 0 Å². The van der Waals surface area contributed by atoms with E-state index in [-0.39, 0.29) is 18.1 Å². The molecule has 0 unspecified atom stereocenters. The monoisotopic (exact) mass is 378 g/mol. The van der Waals surface area contributed by atoms with Gasteiger partial charge in [-0.2, -0.15) is 0 Å². The maximum absolute atomic E-state index is 12.5. The van der Waals surface area contributed by atoms with Crippen molar-refractivity contribution in [1.29, 1.82) is 0 Å². The minimum absolute atomic E-state index is 0.143. The van der Waals surface area contributed by atoms with Gasteiger partial charge >= 0.3 is 6.09 Å². The maximum Gasteiger partial charge on any atom is 0.407 e. The Kier molecular flexibility index (Phi) is 4.08. The molecule has 1 aromatic heterocycles. The zero-order valence-corrected chi connectivity index (χ0v) is 14.0. The van der Waals surface area contributed by atoms with Crippen LogP contribution in [0.2, 0.25) is 0 Å². The lowest BCUT2D eigenvalue weighted by Gasteiger charge is -2.26. The van der Waals surface area contributed by atoms with Gasteiger partial charge < -0.3 is 19.9 Å². The number of halogens is 1. The van der Waals surface area contributed by atoms with Gasteiger partial charge in [0.25, 0.3) is 5.91 Å². The Bertz CT molecular complexity index is 787. The summed E-state index contributed by atoms with van der Waals surface area (Å²) in [5.41, 5.74) is 2.55. The van der Waals surface area contributed by atoms with Crippen LogP contribution in [-0.2, 0) is 13.1 Å². The van der Waals surface area contributed by atoms with E-state index in [0.717, 1.165) is 5.56 Å². The van der Waals surface area contributed by atoms with E-state index in [2.05, 4.69) is 26.2 Å². The molecule has 2 N–H and O–H groups in total. The summed E-state index contributed by atoms with van der Waals surface area (Å²) in [6, 6.07) is 7.45. The van der Waals surface area contributed by atoms with Crippen LogP contribution in [0.3, 0.4) is 0 Å². The van der Waals surface area contributed by atoms with Gasteiger partial charge in [0.2, 0.25) is 0 Å². The number of benzene rings is 1. The summed E-state index contributed by atoms with van der Waals surface area (Å²) >= 11 is 3.33. The molecule has 2 heterocycles. The zero-order valence-electron chi connectivity index (χ0n) is 12.4. The van der Waals surface area contributed by atoms with Crippen molar-refractivity contribution in [3.05, 3.63) is 46.0 Å². The Morgan fingerprint density at radius 2 is 2.13 bits per heavy atom. The lowest BCUT2D eigenvalue weighted by molar-refractivity contribution is 0.101. The summed E-state index contributed by atoms with van der Waals surface area (Å²) in [6.45, 7) is 2.92. The Morgan fingerprint density at radius 1 is 1.35 bits per heavy atom. The number of aromatic nitrogens is 2. The number of hydrogen-bond donors (Lipinski definition) is 2. The predicted molar refractivity (Wildman–Crippen MR) is 87.5 cm³/mol. The molecule has 2 amide bonds. The first-order valence-electron chi connectivity index (χ1n) is 7.06. The number of anilines is 1. The lowest BCUT2D eigenvalue weighted by Crippen LogP contribution is -2.38. The molecule has 7 nitrogen and oxygen atoms in total. The number of amides is 2. The first-order valence-corrected chi connectivity index (χ1v) is 7.86. The topological polar surface area (TPSA) is 87.5 Å². The molecule has 0 atom stereocenters. The van der Waals surface area contributed by atoms with E-state index in [4.69, 9.17) is 5.11 Å². The Balaban J connectivity index is 1.88. The smallest absolute Gasteiger partial charge is 0.407 e. The predicted octanol–water partition coefficient (Wildman–Crippen LogP) is 2.70. The molecule has 1 aromatic carbocycles. The molecular weight excluding hydrogens is 364 g/mol. The van der Waals surface area contributed by atoms with Crippen molar-refractivity contribution in [2.45, 2.75) is 20.0 Å². The summed E-state index contributed by atoms with van der Waals surface area (Å²) in [6.07, 6.45) is -1.00. The van der Waals surface area contributed by atoms with Gasteiger partial charge in [-0.3, -0.25) is 4.79 Å². The second kappa shape index (κ2) is 6.04. The highest BCUT2D eigenvalue weighted by Crippen LogP contribution is 2.23. The highest BCUT2D eigenvalue weighted by molar-refractivity contribution is 9.10. The molecular formula is C15H15BrN4O3. The number of hydrogen-bond acceptors (Lipinski definition) is 3. The lowest BCUT2D eigenvalue weighted by atomic mass is 10.2. The van der Waals surface area contributed by atoms with Gasteiger partial charge in [0.1, 0.15) is 0 Å². The maximum atomic E-state index is 12.5. The van der Waals surface area contributed by atoms with Crippen LogP contribution >= 0.6 is 15.9 Å². The minimum atomic E-state index is -1.00. The molecule has 0 aliphatic carbocycles. The van der Waals surface area contributed by atoms with Crippen molar-refractivity contribution in [2.75, 3.05) is 11.9 Å². The number of carboxylic acid groups (broad SMARTS) is 1. The molecule has 120 valence electrons. The summed E-state index contributed by atoms with van der Waals surface area (Å²) in [7, 11) is 0. The highest BCUT2D eigenvalue weighted by Gasteiger charge is 2.28. The Labute approximate surface area is 141 Å². The molecule has 1 aliphatic rings. The van der Waals surface area contributed by atoms with E-state index in [1.165, 1.54) is 4.90 Å². The third-order valence-corrected chi connectivity index (χ3v) is 4.33. The van der Waals surface area contributed by atoms with Gasteiger partial charge in [0.15, 0.2) is 10.4 Å². The third-order valence-electron chi connectivity index (χ3n) is 3.72. The van der Waals surface area contributed by atoms with Crippen molar-refractivity contribution in [1.82, 2.24) is 14.5 Å². The molecule has 2 aromatic rings. The first kappa shape index (κ1) is 15.5. The largest absolute Gasteiger partial charge is 0.465 e. The number of nitrogens with one attached hydrogen (secondary N) is 1. The van der Waals surface area contributed by atoms with Crippen LogP contribution < -0.4 is 5.32 Å². The zero-order chi connectivity index (χ0) is 16.6. The van der Waals surface area contributed by atoms with Crippen molar-refractivity contribution in [3.63, 3.8) is 0 Å². The van der Waals surface area contributed by atoms with Crippen LogP contribution in [0.1, 0.15) is 21.7 Å². The number of fused-ring (bicyclic) bond motifs is 1. The average molecular weight is 379 g/mol. The van der Waals surface area contributed by atoms with Crippen molar-refractivity contribution in [3.8, 4) is 0 Å². The van der Waals surface area contributed by atoms with Gasteiger partial charge in [-0.05, 0) is 40.5 Å². The first-order chi connectivity index (χ1) is 11.0. The molecule has 0 saturated heterocycles. The van der Waals surface area contributed by atoms with E-state index in [1.807, 2.05) is 29.7 Å². The fourth-order valence-electron chi connectivity index (χ4n) is 2.58. The van der Waals surface area contributed by atoms with E-state index < -0.39 is 6.09 Å². The van der Waals surface area contributed by atoms with Crippen LogP contribution in [0, 0.1) is 6.92 Å². The molecule has 3 rings (SSSR count). The Morgan fingerprint density at radius 3 is 2.83 bits per heavy atom. The van der Waals surface area contributed by atoms with E-state index in [0.29, 0.717) is 29.2 Å². The van der Waals surface area contributed by atoms with E-state index in [1.54, 1.807) is 6.07 Å². The van der Waals surface area contributed by atoms with Crippen molar-refractivity contribution < 1.29 is 14.7 Å². The molecule has 0 saturated carbocycles. The van der Waals surface area contributed by atoms with Crippen LogP contribution in [0.15, 0.2) is 29.0 Å². The van der Waals surface area contributed by atoms with Gasteiger partial charge in [0.05, 0.1) is 12.2 Å². The number of carbonyl (C=O) groups is 2. The average Bonchev–Trinajstić information content (AvgIpc) is 2.84. The number of nitrogens with zero attached hydrogens (tertiary/aromatic N) is 3. The molecule has 0 spiro atoms. The summed E-state index contributed by atoms with van der Waals surface area (Å²) in [5, 5.41) is 12.0. The molecule has 0 fully saturated rings. The fraction of sp³-hybridized carbons (Fsp3) is 0.267. The van der Waals surface area contributed by atoms with Crippen LogP contribution in [-0.4, -0.2) is 38.1 Å². The van der Waals surface area contributed by atoms with Crippen LogP contribution in [0.5, 0.6) is 0 Å². The quantitative estimate of drug-likeness (QED) is 0.840. The Hall–Kier alpha value is -2.35. The number of aryl methyl sites for hydroxylation is 1. The number of imidazole rings is 1. The second-order valence-corrected chi connectivity index (χ2v) is 6.06. The normalized spacial score (nSPS) is 13.6. The molecule has 1 aliphatic heterocycles. The minimum Gasteiger partial charge on any atom is -0.465 e. The third kappa shape index (κ3) is 3.07. The fourth-order valence-corrected chi connectivity index (χ4v) is 3.15. The summed E-state index contributed by atoms with van der Waals surface area (Å²) in [5.74, 6) is -0.350. The van der Waals surface area contributed by atoms with Gasteiger partial charge in [-0.25, -0.2) is 9.78 Å². The highest BCUT2D eigenvalue weighted by atomic mass is 79.9. The number of carbonyl (C=O) groups excluding carboxylic acids is 1. The standard InChI is InChI=1S/C15H15BrN4O3/c1-9-3-2-4-10(7-9)17-13(21)12-11-8-19(15(22)23)5-6-20(11)14(16)18-12/h2-4,7H,5-6,8H2,1H3,(H,17,21)(H,22,23). The van der Waals surface area contributed by atoms with E-state index in [9.17, 15) is 9.59 Å². The van der Waals surface area contributed by atoms with Gasteiger partial charge in [-0.1, -0.05) is 12.1 Å². The summed E-state index contributed by atoms with van der Waals surface area (Å²) in [4.78, 5) is 29.2. The molecule has 23 heavy (non-hydrogen) atoms. The van der Waals surface area contributed by atoms with Crippen LogP contribution in [0.4, 0.5) is 10.5 Å². The second-order valence-electron chi connectivity index (χ2n) is 5.36. The molecule has 0 bridgehead atoms. The van der Waals surface area contributed by atoms with Crippen LogP contribution in [0.25, 0.3) is 0 Å². The van der Waals surface area contributed by atoms with Gasteiger partial charge in [0, 0.05) is 18.8 Å². The number of rotatable bonds is 2. The molecule has 0 radical (unpaired) electrons. The van der Waals surface area contributed by atoms with Crippen molar-refractivity contribution >= 4 is 33.6 Å². The van der Waals surface area contributed by atoms with Crippen molar-refractivity contribution in [2.24, 2.45) is 0 Å². The summed E-state index contributed by atoms with van der Waals surface area (Å²) < 4.78 is 2.36. The SMILES string of the molecule is Cc1cccc(NC(=O)c2nc(Br)n3c2CN(C(=O)O)CC3)c1. The van der Waals surface area contributed by atoms with Gasteiger partial charge in [-0.15, -0.1) is 0 Å².